The fraction of sp³-hybridized carbons (Fsp3) is 0.800. The molecule has 14 heteroatoms. The van der Waals surface area contributed by atoms with Crippen molar-refractivity contribution in [3.05, 3.63) is 60.8 Å². The first-order chi connectivity index (χ1) is 33.3. The SMILES string of the molecule is CC/C=C/CC/C=C/CC/C=C/C(O)C(COP(=O)(O)OC1C(O)C(O)C(O)C(O)C1O)NC(=O)CC(O)CCCCCCCCCCCCCCC/C=C\C/C=C\CCCCCCCCCCC. The van der Waals surface area contributed by atoms with Crippen molar-refractivity contribution in [2.75, 3.05) is 6.61 Å². The van der Waals surface area contributed by atoms with Crippen LogP contribution in [0.4, 0.5) is 0 Å². The Morgan fingerprint density at radius 2 is 0.942 bits per heavy atom. The quantitative estimate of drug-likeness (QED) is 0.0158. The summed E-state index contributed by atoms with van der Waals surface area (Å²) in [4.78, 5) is 23.4. The van der Waals surface area contributed by atoms with E-state index < -0.39 is 75.2 Å². The van der Waals surface area contributed by atoms with Crippen molar-refractivity contribution in [1.82, 2.24) is 5.32 Å². The first-order valence-corrected chi connectivity index (χ1v) is 28.8. The third-order valence-corrected chi connectivity index (χ3v) is 13.8. The molecule has 8 atom stereocenters. The van der Waals surface area contributed by atoms with E-state index in [1.165, 1.54) is 134 Å². The van der Waals surface area contributed by atoms with Crippen molar-refractivity contribution in [2.24, 2.45) is 0 Å². The van der Waals surface area contributed by atoms with E-state index in [2.05, 4.69) is 61.7 Å². The summed E-state index contributed by atoms with van der Waals surface area (Å²) in [6.45, 7) is 3.60. The van der Waals surface area contributed by atoms with Crippen molar-refractivity contribution >= 4 is 13.7 Å². The van der Waals surface area contributed by atoms with Gasteiger partial charge in [-0.2, -0.15) is 0 Å². The molecule has 0 saturated heterocycles. The number of unbranched alkanes of at least 4 members (excludes halogenated alkanes) is 24. The molecule has 8 unspecified atom stereocenters. The number of carbonyl (C=O) groups excluding carboxylic acids is 1. The van der Waals surface area contributed by atoms with Crippen LogP contribution in [0.3, 0.4) is 0 Å². The molecule has 0 heterocycles. The maximum atomic E-state index is 13.0. The molecule has 9 N–H and O–H groups in total. The van der Waals surface area contributed by atoms with Gasteiger partial charge in [0.15, 0.2) is 0 Å². The summed E-state index contributed by atoms with van der Waals surface area (Å²) in [7, 11) is -5.15. The smallest absolute Gasteiger partial charge is 0.393 e. The maximum Gasteiger partial charge on any atom is 0.472 e. The van der Waals surface area contributed by atoms with Gasteiger partial charge < -0.3 is 46.0 Å². The van der Waals surface area contributed by atoms with Gasteiger partial charge >= 0.3 is 7.82 Å². The third kappa shape index (κ3) is 34.9. The van der Waals surface area contributed by atoms with Crippen molar-refractivity contribution < 1.29 is 59.0 Å². The second-order valence-electron chi connectivity index (χ2n) is 19.2. The van der Waals surface area contributed by atoms with E-state index in [-0.39, 0.29) is 6.42 Å². The van der Waals surface area contributed by atoms with Crippen LogP contribution < -0.4 is 5.32 Å². The van der Waals surface area contributed by atoms with Gasteiger partial charge in [-0.1, -0.05) is 203 Å². The summed E-state index contributed by atoms with van der Waals surface area (Å²) >= 11 is 0. The minimum absolute atomic E-state index is 0.259. The third-order valence-electron chi connectivity index (χ3n) is 12.8. The van der Waals surface area contributed by atoms with Gasteiger partial charge in [0.1, 0.15) is 36.6 Å². The number of hydrogen-bond acceptors (Lipinski definition) is 11. The molecule has 69 heavy (non-hydrogen) atoms. The zero-order valence-corrected chi connectivity index (χ0v) is 43.9. The largest absolute Gasteiger partial charge is 0.472 e. The second-order valence-corrected chi connectivity index (χ2v) is 20.6. The highest BCUT2D eigenvalue weighted by atomic mass is 31.2. The monoisotopic (exact) mass is 998 g/mol. The van der Waals surface area contributed by atoms with Gasteiger partial charge in [0.2, 0.25) is 5.91 Å². The molecule has 0 aromatic carbocycles. The lowest BCUT2D eigenvalue weighted by atomic mass is 9.85. The van der Waals surface area contributed by atoms with E-state index in [4.69, 9.17) is 9.05 Å². The zero-order chi connectivity index (χ0) is 50.8. The fourth-order valence-electron chi connectivity index (χ4n) is 8.43. The Morgan fingerprint density at radius 1 is 0.536 bits per heavy atom. The predicted octanol–water partition coefficient (Wildman–Crippen LogP) is 10.8. The Labute approximate surface area is 418 Å². The number of nitrogens with one attached hydrogen (secondary N) is 1. The summed E-state index contributed by atoms with van der Waals surface area (Å²) < 4.78 is 22.8. The maximum absolute atomic E-state index is 13.0. The van der Waals surface area contributed by atoms with Crippen LogP contribution in [-0.4, -0.2) is 108 Å². The van der Waals surface area contributed by atoms with Crippen molar-refractivity contribution in [3.8, 4) is 0 Å². The number of rotatable bonds is 45. The van der Waals surface area contributed by atoms with Gasteiger partial charge in [-0.3, -0.25) is 13.8 Å². The Kier molecular flexibility index (Phi) is 41.1. The number of allylic oxidation sites excluding steroid dienone is 9. The Balaban J connectivity index is 2.29. The summed E-state index contributed by atoms with van der Waals surface area (Å²) in [6, 6.07) is -1.26. The standard InChI is InChI=1S/C55H100NO12P/c1-3-5-7-9-11-13-15-16-17-18-19-20-21-22-23-24-25-26-27-28-29-30-31-32-33-34-36-38-40-42-46(57)44-49(59)56-47(48(58)43-41-39-37-35-14-12-10-8-6-4-2)45-67-69(65,66)68-55-53(63)51(61)50(60)52(62)54(55)64/h6,8,14,19-20,22-23,35,41,43,46-48,50-55,57-58,60-64H,3-5,7,9-13,15-18,21,24-34,36-40,42,44-45H2,1-2H3,(H,56,59)(H,65,66)/b8-6+,20-19-,23-22-,35-14+,43-41+. The van der Waals surface area contributed by atoms with E-state index >= 15 is 0 Å². The summed E-state index contributed by atoms with van der Waals surface area (Å²) in [6.07, 6.45) is 42.1. The molecular weight excluding hydrogens is 898 g/mol. The number of aliphatic hydroxyl groups is 7. The molecule has 13 nitrogen and oxygen atoms in total. The van der Waals surface area contributed by atoms with Crippen LogP contribution in [0.2, 0.25) is 0 Å². The Morgan fingerprint density at radius 3 is 1.42 bits per heavy atom. The highest BCUT2D eigenvalue weighted by molar-refractivity contribution is 7.47. The second kappa shape index (κ2) is 43.6. The van der Waals surface area contributed by atoms with Crippen LogP contribution in [0.5, 0.6) is 0 Å². The van der Waals surface area contributed by atoms with Gasteiger partial charge in [-0.05, 0) is 70.6 Å². The average Bonchev–Trinajstić information content (AvgIpc) is 3.32. The van der Waals surface area contributed by atoms with Crippen molar-refractivity contribution in [2.45, 2.75) is 274 Å². The first-order valence-electron chi connectivity index (χ1n) is 27.3. The molecule has 402 valence electrons. The lowest BCUT2D eigenvalue weighted by Gasteiger charge is -2.41. The van der Waals surface area contributed by atoms with E-state index in [0.29, 0.717) is 19.3 Å². The van der Waals surface area contributed by atoms with Gasteiger partial charge in [0, 0.05) is 0 Å². The summed E-state index contributed by atoms with van der Waals surface area (Å²) in [5.74, 6) is -0.610. The number of phosphoric ester groups is 1. The van der Waals surface area contributed by atoms with E-state index in [1.54, 1.807) is 6.08 Å². The summed E-state index contributed by atoms with van der Waals surface area (Å²) in [5, 5.41) is 74.5. The lowest BCUT2D eigenvalue weighted by Crippen LogP contribution is -2.64. The molecule has 1 aliphatic rings. The molecule has 1 fully saturated rings. The minimum Gasteiger partial charge on any atom is -0.393 e. The molecule has 0 aromatic heterocycles. The Hall–Kier alpha value is -2.00. The molecule has 0 bridgehead atoms. The molecule has 1 saturated carbocycles. The van der Waals surface area contributed by atoms with Crippen molar-refractivity contribution in [3.63, 3.8) is 0 Å². The molecule has 0 radical (unpaired) electrons. The minimum atomic E-state index is -5.15. The topological polar surface area (TPSA) is 226 Å². The first kappa shape index (κ1) is 65.0. The number of amides is 1. The highest BCUT2D eigenvalue weighted by Gasteiger charge is 2.51. The average molecular weight is 998 g/mol. The van der Waals surface area contributed by atoms with Crippen LogP contribution >= 0.6 is 7.82 Å². The van der Waals surface area contributed by atoms with E-state index in [9.17, 15) is 50.0 Å². The predicted molar refractivity (Wildman–Crippen MR) is 279 cm³/mol. The zero-order valence-electron chi connectivity index (χ0n) is 43.0. The number of carbonyl (C=O) groups is 1. The van der Waals surface area contributed by atoms with Crippen LogP contribution in [0, 0.1) is 0 Å². The Bertz CT molecular complexity index is 1410. The van der Waals surface area contributed by atoms with Crippen LogP contribution in [0.15, 0.2) is 60.8 Å². The van der Waals surface area contributed by atoms with Crippen molar-refractivity contribution in [1.29, 1.82) is 0 Å². The van der Waals surface area contributed by atoms with Crippen LogP contribution in [-0.2, 0) is 18.4 Å². The molecule has 1 amide bonds. The van der Waals surface area contributed by atoms with Gasteiger partial charge in [0.05, 0.1) is 31.3 Å². The van der Waals surface area contributed by atoms with Crippen LogP contribution in [0.25, 0.3) is 0 Å². The highest BCUT2D eigenvalue weighted by Crippen LogP contribution is 2.47. The van der Waals surface area contributed by atoms with E-state index in [1.807, 2.05) is 6.08 Å². The van der Waals surface area contributed by atoms with Crippen LogP contribution in [0.1, 0.15) is 219 Å². The molecule has 0 spiro atoms. The van der Waals surface area contributed by atoms with Gasteiger partial charge in [-0.15, -0.1) is 0 Å². The van der Waals surface area contributed by atoms with Gasteiger partial charge in [0.25, 0.3) is 0 Å². The fourth-order valence-corrected chi connectivity index (χ4v) is 9.40. The number of phosphoric acid groups is 1. The molecule has 0 aromatic rings. The van der Waals surface area contributed by atoms with Gasteiger partial charge in [-0.25, -0.2) is 4.57 Å². The number of aliphatic hydroxyl groups excluding tert-OH is 7. The molecule has 1 aliphatic carbocycles. The normalized spacial score (nSPS) is 22.4. The molecule has 0 aliphatic heterocycles. The summed E-state index contributed by atoms with van der Waals surface area (Å²) in [5.41, 5.74) is 0. The molecule has 1 rings (SSSR count). The number of hydrogen-bond donors (Lipinski definition) is 9. The van der Waals surface area contributed by atoms with E-state index in [0.717, 1.165) is 51.4 Å². The molecular formula is C55H100NO12P. The lowest BCUT2D eigenvalue weighted by molar-refractivity contribution is -0.220.